The predicted molar refractivity (Wildman–Crippen MR) is 124 cm³/mol. The van der Waals surface area contributed by atoms with E-state index >= 15 is 0 Å². The highest BCUT2D eigenvalue weighted by molar-refractivity contribution is 5.85. The number of likely N-dealkylation sites (N-methyl/N-ethyl adjacent to an activating group) is 1. The highest BCUT2D eigenvalue weighted by Gasteiger charge is 2.23. The minimum Gasteiger partial charge on any atom is -0.489 e. The number of aromatic nitrogens is 1. The van der Waals surface area contributed by atoms with E-state index in [2.05, 4.69) is 52.3 Å². The Kier molecular flexibility index (Phi) is 7.52. The van der Waals surface area contributed by atoms with Gasteiger partial charge in [0.2, 0.25) is 0 Å². The zero-order chi connectivity index (χ0) is 20.1. The summed E-state index contributed by atoms with van der Waals surface area (Å²) in [6.07, 6.45) is 1.49. The van der Waals surface area contributed by atoms with Crippen molar-refractivity contribution in [1.29, 1.82) is 0 Å². The van der Waals surface area contributed by atoms with E-state index in [4.69, 9.17) is 4.74 Å². The van der Waals surface area contributed by atoms with Crippen LogP contribution in [-0.2, 0) is 6.61 Å². The Morgan fingerprint density at radius 3 is 2.33 bits per heavy atom. The Morgan fingerprint density at radius 1 is 0.933 bits per heavy atom. The van der Waals surface area contributed by atoms with Crippen molar-refractivity contribution < 1.29 is 9.84 Å². The molecule has 2 atom stereocenters. The average molecular weight is 423 g/mol. The van der Waals surface area contributed by atoms with Gasteiger partial charge in [-0.25, -0.2) is 0 Å². The van der Waals surface area contributed by atoms with Crippen LogP contribution in [0.15, 0.2) is 91.1 Å². The third-order valence-electron chi connectivity index (χ3n) is 5.16. The number of benzene rings is 3. The fourth-order valence-electron chi connectivity index (χ4n) is 3.75. The van der Waals surface area contributed by atoms with Crippen molar-refractivity contribution in [2.75, 3.05) is 13.6 Å². The standard InChI is InChI=1S/C25H26N2O2.ClH/c1-26-17-24(28)25(20-10-6-3-7-11-20)27-15-14-21-16-22(12-13-23(21)27)29-18-19-8-4-2-5-9-19;/h2-16,24-26,28H,17-18H2,1H3;1H/t24-,25+;/m1./s1. The molecule has 0 saturated carbocycles. The first-order valence-electron chi connectivity index (χ1n) is 9.91. The van der Waals surface area contributed by atoms with Crippen LogP contribution in [0.4, 0.5) is 0 Å². The topological polar surface area (TPSA) is 46.4 Å². The van der Waals surface area contributed by atoms with Crippen LogP contribution in [0.2, 0.25) is 0 Å². The summed E-state index contributed by atoms with van der Waals surface area (Å²) in [5.41, 5.74) is 3.29. The SMILES string of the molecule is CNC[C@@H](O)[C@H](c1ccccc1)n1ccc2cc(OCc3ccccc3)ccc21.Cl. The number of aliphatic hydroxyl groups excluding tert-OH is 1. The number of hydrogen-bond acceptors (Lipinski definition) is 3. The van der Waals surface area contributed by atoms with Crippen LogP contribution in [0.5, 0.6) is 5.75 Å². The normalized spacial score (nSPS) is 12.9. The molecular weight excluding hydrogens is 396 g/mol. The van der Waals surface area contributed by atoms with Crippen molar-refractivity contribution in [1.82, 2.24) is 9.88 Å². The molecule has 0 amide bonds. The molecule has 30 heavy (non-hydrogen) atoms. The maximum atomic E-state index is 10.9. The van der Waals surface area contributed by atoms with E-state index in [0.29, 0.717) is 13.2 Å². The van der Waals surface area contributed by atoms with Gasteiger partial charge >= 0.3 is 0 Å². The number of halogens is 1. The van der Waals surface area contributed by atoms with Gasteiger partial charge in [-0.2, -0.15) is 0 Å². The second-order valence-corrected chi connectivity index (χ2v) is 7.20. The van der Waals surface area contributed by atoms with Crippen LogP contribution in [0, 0.1) is 0 Å². The van der Waals surface area contributed by atoms with Gasteiger partial charge in [-0.15, -0.1) is 12.4 Å². The highest BCUT2D eigenvalue weighted by atomic mass is 35.5. The molecular formula is C25H27ClN2O2. The molecule has 156 valence electrons. The number of fused-ring (bicyclic) bond motifs is 1. The summed E-state index contributed by atoms with van der Waals surface area (Å²) in [7, 11) is 1.86. The number of nitrogens with one attached hydrogen (secondary N) is 1. The Balaban J connectivity index is 0.00000256. The molecule has 0 unspecified atom stereocenters. The lowest BCUT2D eigenvalue weighted by Crippen LogP contribution is -2.33. The smallest absolute Gasteiger partial charge is 0.120 e. The van der Waals surface area contributed by atoms with Crippen molar-refractivity contribution in [3.05, 3.63) is 102 Å². The molecule has 4 nitrogen and oxygen atoms in total. The molecule has 5 heteroatoms. The van der Waals surface area contributed by atoms with E-state index in [-0.39, 0.29) is 18.4 Å². The van der Waals surface area contributed by atoms with E-state index < -0.39 is 6.10 Å². The monoisotopic (exact) mass is 422 g/mol. The maximum Gasteiger partial charge on any atom is 0.120 e. The number of hydrogen-bond donors (Lipinski definition) is 2. The third kappa shape index (κ3) is 4.85. The lowest BCUT2D eigenvalue weighted by molar-refractivity contribution is 0.132. The van der Waals surface area contributed by atoms with Crippen LogP contribution in [0.3, 0.4) is 0 Å². The summed E-state index contributed by atoms with van der Waals surface area (Å²) in [5.74, 6) is 0.839. The maximum absolute atomic E-state index is 10.9. The van der Waals surface area contributed by atoms with E-state index in [1.807, 2.05) is 55.7 Å². The van der Waals surface area contributed by atoms with Crippen LogP contribution < -0.4 is 10.1 Å². The fourth-order valence-corrected chi connectivity index (χ4v) is 3.75. The van der Waals surface area contributed by atoms with Crippen molar-refractivity contribution in [3.63, 3.8) is 0 Å². The highest BCUT2D eigenvalue weighted by Crippen LogP contribution is 2.30. The van der Waals surface area contributed by atoms with Crippen molar-refractivity contribution in [2.45, 2.75) is 18.8 Å². The zero-order valence-corrected chi connectivity index (χ0v) is 17.8. The van der Waals surface area contributed by atoms with Gasteiger partial charge in [0.1, 0.15) is 12.4 Å². The largest absolute Gasteiger partial charge is 0.489 e. The summed E-state index contributed by atoms with van der Waals surface area (Å²) in [5, 5.41) is 15.0. The Morgan fingerprint density at radius 2 is 1.63 bits per heavy atom. The van der Waals surface area contributed by atoms with E-state index in [1.165, 1.54) is 0 Å². The van der Waals surface area contributed by atoms with E-state index in [0.717, 1.165) is 27.8 Å². The number of nitrogens with zero attached hydrogens (tertiary/aromatic N) is 1. The summed E-state index contributed by atoms with van der Waals surface area (Å²) in [4.78, 5) is 0. The Labute approximate surface area is 183 Å². The number of rotatable bonds is 8. The lowest BCUT2D eigenvalue weighted by Gasteiger charge is -2.26. The van der Waals surface area contributed by atoms with Gasteiger partial charge in [0.15, 0.2) is 0 Å². The quantitative estimate of drug-likeness (QED) is 0.428. The third-order valence-corrected chi connectivity index (χ3v) is 5.16. The summed E-state index contributed by atoms with van der Waals surface area (Å²) < 4.78 is 8.12. The molecule has 4 aromatic rings. The molecule has 1 heterocycles. The van der Waals surface area contributed by atoms with Gasteiger partial charge < -0.3 is 19.7 Å². The molecule has 0 saturated heterocycles. The van der Waals surface area contributed by atoms with Crippen LogP contribution in [0.1, 0.15) is 17.2 Å². The molecule has 1 aromatic heterocycles. The molecule has 0 aliphatic rings. The zero-order valence-electron chi connectivity index (χ0n) is 16.9. The lowest BCUT2D eigenvalue weighted by atomic mass is 10.0. The van der Waals surface area contributed by atoms with Gasteiger partial charge in [0.25, 0.3) is 0 Å². The van der Waals surface area contributed by atoms with E-state index in [9.17, 15) is 5.11 Å². The van der Waals surface area contributed by atoms with Crippen molar-refractivity contribution in [2.24, 2.45) is 0 Å². The number of ether oxygens (including phenoxy) is 1. The molecule has 4 rings (SSSR count). The van der Waals surface area contributed by atoms with Crippen LogP contribution >= 0.6 is 12.4 Å². The first kappa shape index (κ1) is 21.9. The molecule has 0 radical (unpaired) electrons. The molecule has 0 bridgehead atoms. The Hall–Kier alpha value is -2.79. The molecule has 0 aliphatic carbocycles. The van der Waals surface area contributed by atoms with E-state index in [1.54, 1.807) is 0 Å². The van der Waals surface area contributed by atoms with Gasteiger partial charge in [-0.05, 0) is 42.4 Å². The van der Waals surface area contributed by atoms with Gasteiger partial charge in [-0.1, -0.05) is 60.7 Å². The first-order chi connectivity index (χ1) is 14.3. The van der Waals surface area contributed by atoms with Crippen LogP contribution in [0.25, 0.3) is 10.9 Å². The first-order valence-corrected chi connectivity index (χ1v) is 9.91. The summed E-state index contributed by atoms with van der Waals surface area (Å²) in [6, 6.07) is 28.3. The predicted octanol–water partition coefficient (Wildman–Crippen LogP) is 4.81. The minimum absolute atomic E-state index is 0. The van der Waals surface area contributed by atoms with Gasteiger partial charge in [0, 0.05) is 23.6 Å². The molecule has 0 spiro atoms. The van der Waals surface area contributed by atoms with Crippen molar-refractivity contribution >= 4 is 23.3 Å². The summed E-state index contributed by atoms with van der Waals surface area (Å²) in [6.45, 7) is 1.05. The van der Waals surface area contributed by atoms with Gasteiger partial charge in [0.05, 0.1) is 12.1 Å². The number of aliphatic hydroxyl groups is 1. The molecule has 2 N–H and O–H groups in total. The Bertz CT molecular complexity index is 1050. The van der Waals surface area contributed by atoms with Crippen molar-refractivity contribution in [3.8, 4) is 5.75 Å². The fraction of sp³-hybridized carbons (Fsp3) is 0.200. The average Bonchev–Trinajstić information content (AvgIpc) is 3.17. The van der Waals surface area contributed by atoms with Crippen LogP contribution in [-0.4, -0.2) is 29.4 Å². The molecule has 0 fully saturated rings. The summed E-state index contributed by atoms with van der Waals surface area (Å²) >= 11 is 0. The second kappa shape index (κ2) is 10.3. The second-order valence-electron chi connectivity index (χ2n) is 7.20. The van der Waals surface area contributed by atoms with Gasteiger partial charge in [-0.3, -0.25) is 0 Å². The molecule has 3 aromatic carbocycles. The minimum atomic E-state index is -0.549. The molecule has 0 aliphatic heterocycles.